The number of nitrogen functional groups attached to an aromatic ring is 1. The molecule has 5 nitrogen and oxygen atoms in total. The molecule has 1 aromatic rings. The van der Waals surface area contributed by atoms with Gasteiger partial charge in [-0.05, 0) is 101 Å². The van der Waals surface area contributed by atoms with Crippen LogP contribution in [0.2, 0.25) is 0 Å². The lowest BCUT2D eigenvalue weighted by Crippen LogP contribution is -2.41. The first-order valence-electron chi connectivity index (χ1n) is 13.3. The van der Waals surface area contributed by atoms with Crippen molar-refractivity contribution in [2.24, 2.45) is 11.8 Å². The second-order valence-electron chi connectivity index (χ2n) is 10.5. The SMILES string of the molecule is CCCN(CCC1CCC(NC(=O)/C=C/C2=CCC(C)C=C2)CC1)[C@H]1CCc2nc(N)sc2C1. The molecular formula is C28H42N4OS. The van der Waals surface area contributed by atoms with Crippen LogP contribution in [0.3, 0.4) is 0 Å². The van der Waals surface area contributed by atoms with E-state index in [1.165, 1.54) is 55.8 Å². The number of hydrogen-bond acceptors (Lipinski definition) is 5. The fraction of sp³-hybridized carbons (Fsp3) is 0.643. The van der Waals surface area contributed by atoms with E-state index < -0.39 is 0 Å². The molecule has 3 aliphatic rings. The lowest BCUT2D eigenvalue weighted by atomic mass is 9.83. The van der Waals surface area contributed by atoms with Crippen molar-refractivity contribution < 1.29 is 4.79 Å². The number of nitrogens with two attached hydrogens (primary N) is 1. The molecule has 1 unspecified atom stereocenters. The molecular weight excluding hydrogens is 440 g/mol. The van der Waals surface area contributed by atoms with Crippen molar-refractivity contribution in [3.8, 4) is 0 Å². The first-order chi connectivity index (χ1) is 16.5. The molecule has 6 heteroatoms. The molecule has 0 saturated heterocycles. The van der Waals surface area contributed by atoms with Crippen LogP contribution in [0.15, 0.2) is 36.0 Å². The number of nitrogens with one attached hydrogen (secondary N) is 1. The number of thiazole rings is 1. The molecule has 0 aliphatic heterocycles. The number of aromatic nitrogens is 1. The predicted octanol–water partition coefficient (Wildman–Crippen LogP) is 5.44. The Balaban J connectivity index is 1.18. The van der Waals surface area contributed by atoms with Crippen LogP contribution in [-0.2, 0) is 17.6 Å². The lowest BCUT2D eigenvalue weighted by Gasteiger charge is -2.36. The smallest absolute Gasteiger partial charge is 0.244 e. The minimum absolute atomic E-state index is 0.0471. The van der Waals surface area contributed by atoms with Crippen molar-refractivity contribution in [3.63, 3.8) is 0 Å². The summed E-state index contributed by atoms with van der Waals surface area (Å²) in [5.41, 5.74) is 8.33. The topological polar surface area (TPSA) is 71.2 Å². The average Bonchev–Trinajstić information content (AvgIpc) is 3.21. The minimum atomic E-state index is 0.0471. The van der Waals surface area contributed by atoms with Gasteiger partial charge in [0.1, 0.15) is 0 Å². The van der Waals surface area contributed by atoms with Crippen LogP contribution < -0.4 is 11.1 Å². The van der Waals surface area contributed by atoms with E-state index in [1.807, 2.05) is 6.08 Å². The maximum Gasteiger partial charge on any atom is 0.244 e. The number of carbonyl (C=O) groups excluding carboxylic acids is 1. The number of amides is 1. The molecule has 3 aliphatic carbocycles. The molecule has 0 radical (unpaired) electrons. The highest BCUT2D eigenvalue weighted by Gasteiger charge is 2.28. The molecule has 1 saturated carbocycles. The van der Waals surface area contributed by atoms with Gasteiger partial charge in [0.15, 0.2) is 5.13 Å². The highest BCUT2D eigenvalue weighted by molar-refractivity contribution is 7.15. The summed E-state index contributed by atoms with van der Waals surface area (Å²) in [4.78, 5) is 21.0. The van der Waals surface area contributed by atoms with Gasteiger partial charge in [-0.25, -0.2) is 4.98 Å². The quantitative estimate of drug-likeness (QED) is 0.460. The summed E-state index contributed by atoms with van der Waals surface area (Å²) < 4.78 is 0. The van der Waals surface area contributed by atoms with Crippen LogP contribution in [0.1, 0.15) is 75.8 Å². The summed E-state index contributed by atoms with van der Waals surface area (Å²) in [6.45, 7) is 6.86. The number of aryl methyl sites for hydroxylation is 1. The summed E-state index contributed by atoms with van der Waals surface area (Å²) in [7, 11) is 0. The standard InChI is InChI=1S/C28H42N4OS/c1-3-17-32(24-13-14-25-26(19-24)34-28(29)31-25)18-16-22-8-11-23(12-9-22)30-27(33)15-10-21-6-4-20(2)5-7-21/h4,6-7,10,15,20,22-24H,3,5,8-9,11-14,16-19H2,1-2H3,(H2,29,31)(H,30,33)/b15-10+/t20?,22?,23?,24-/m0/s1. The first-order valence-corrected chi connectivity index (χ1v) is 14.2. The third-order valence-electron chi connectivity index (χ3n) is 7.74. The van der Waals surface area contributed by atoms with Gasteiger partial charge in [0.2, 0.25) is 5.91 Å². The van der Waals surface area contributed by atoms with E-state index in [2.05, 4.69) is 47.3 Å². The van der Waals surface area contributed by atoms with Gasteiger partial charge in [-0.2, -0.15) is 0 Å². The van der Waals surface area contributed by atoms with E-state index in [9.17, 15) is 4.79 Å². The van der Waals surface area contributed by atoms with E-state index in [0.717, 1.165) is 48.7 Å². The fourth-order valence-electron chi connectivity index (χ4n) is 5.69. The molecule has 3 N–H and O–H groups in total. The summed E-state index contributed by atoms with van der Waals surface area (Å²) in [5.74, 6) is 1.43. The van der Waals surface area contributed by atoms with Gasteiger partial charge >= 0.3 is 0 Å². The monoisotopic (exact) mass is 482 g/mol. The van der Waals surface area contributed by atoms with Crippen LogP contribution in [-0.4, -0.2) is 41.0 Å². The van der Waals surface area contributed by atoms with Crippen molar-refractivity contribution in [2.45, 2.75) is 90.1 Å². The number of rotatable bonds is 9. The number of nitrogens with zero attached hydrogens (tertiary/aromatic N) is 2. The molecule has 34 heavy (non-hydrogen) atoms. The van der Waals surface area contributed by atoms with Gasteiger partial charge in [0.05, 0.1) is 5.69 Å². The van der Waals surface area contributed by atoms with E-state index in [1.54, 1.807) is 17.4 Å². The third-order valence-corrected chi connectivity index (χ3v) is 8.69. The zero-order valence-electron chi connectivity index (χ0n) is 21.0. The Morgan fingerprint density at radius 2 is 2.09 bits per heavy atom. The zero-order valence-corrected chi connectivity index (χ0v) is 21.8. The molecule has 1 amide bonds. The predicted molar refractivity (Wildman–Crippen MR) is 143 cm³/mol. The van der Waals surface area contributed by atoms with E-state index in [-0.39, 0.29) is 5.91 Å². The molecule has 0 aromatic carbocycles. The molecule has 1 aromatic heterocycles. The van der Waals surface area contributed by atoms with Crippen molar-refractivity contribution in [2.75, 3.05) is 18.8 Å². The first kappa shape index (κ1) is 25.2. The van der Waals surface area contributed by atoms with Crippen molar-refractivity contribution in [3.05, 3.63) is 46.5 Å². The molecule has 0 spiro atoms. The van der Waals surface area contributed by atoms with Crippen LogP contribution in [0.25, 0.3) is 0 Å². The Morgan fingerprint density at radius 3 is 2.82 bits per heavy atom. The summed E-state index contributed by atoms with van der Waals surface area (Å²) >= 11 is 1.69. The number of carbonyl (C=O) groups is 1. The van der Waals surface area contributed by atoms with Gasteiger partial charge in [0, 0.05) is 23.0 Å². The second-order valence-corrected chi connectivity index (χ2v) is 11.6. The maximum atomic E-state index is 12.4. The largest absolute Gasteiger partial charge is 0.375 e. The minimum Gasteiger partial charge on any atom is -0.375 e. The molecule has 2 atom stereocenters. The second kappa shape index (κ2) is 12.2. The third kappa shape index (κ3) is 7.05. The summed E-state index contributed by atoms with van der Waals surface area (Å²) in [6.07, 6.45) is 21.7. The maximum absolute atomic E-state index is 12.4. The number of anilines is 1. The van der Waals surface area contributed by atoms with Crippen molar-refractivity contribution in [1.82, 2.24) is 15.2 Å². The lowest BCUT2D eigenvalue weighted by molar-refractivity contribution is -0.117. The molecule has 1 heterocycles. The number of fused-ring (bicyclic) bond motifs is 1. The average molecular weight is 483 g/mol. The van der Waals surface area contributed by atoms with E-state index >= 15 is 0 Å². The van der Waals surface area contributed by atoms with Crippen LogP contribution in [0, 0.1) is 11.8 Å². The van der Waals surface area contributed by atoms with Gasteiger partial charge in [0.25, 0.3) is 0 Å². The molecule has 186 valence electrons. The van der Waals surface area contributed by atoms with Crippen LogP contribution in [0.4, 0.5) is 5.13 Å². The van der Waals surface area contributed by atoms with Crippen LogP contribution in [0.5, 0.6) is 0 Å². The molecule has 0 bridgehead atoms. The van der Waals surface area contributed by atoms with Gasteiger partial charge in [-0.3, -0.25) is 4.79 Å². The Morgan fingerprint density at radius 1 is 1.26 bits per heavy atom. The normalized spacial score (nSPS) is 27.1. The van der Waals surface area contributed by atoms with E-state index in [0.29, 0.717) is 18.0 Å². The highest BCUT2D eigenvalue weighted by atomic mass is 32.1. The Hall–Kier alpha value is -1.92. The highest BCUT2D eigenvalue weighted by Crippen LogP contribution is 2.32. The van der Waals surface area contributed by atoms with Crippen molar-refractivity contribution in [1.29, 1.82) is 0 Å². The van der Waals surface area contributed by atoms with Crippen LogP contribution >= 0.6 is 11.3 Å². The van der Waals surface area contributed by atoms with Gasteiger partial charge < -0.3 is 16.0 Å². The number of allylic oxidation sites excluding steroid dienone is 5. The Kier molecular flexibility index (Phi) is 9.01. The summed E-state index contributed by atoms with van der Waals surface area (Å²) in [6, 6.07) is 0.955. The number of hydrogen-bond donors (Lipinski definition) is 2. The van der Waals surface area contributed by atoms with E-state index in [4.69, 9.17) is 5.73 Å². The van der Waals surface area contributed by atoms with Crippen molar-refractivity contribution >= 4 is 22.4 Å². The Labute approximate surface area is 209 Å². The van der Waals surface area contributed by atoms with Gasteiger partial charge in [-0.1, -0.05) is 32.1 Å². The van der Waals surface area contributed by atoms with Gasteiger partial charge in [-0.15, -0.1) is 11.3 Å². The Bertz CT molecular complexity index is 910. The summed E-state index contributed by atoms with van der Waals surface area (Å²) in [5, 5.41) is 3.96. The molecule has 4 rings (SSSR count). The molecule has 1 fully saturated rings. The zero-order chi connectivity index (χ0) is 23.9. The fourth-order valence-corrected chi connectivity index (χ4v) is 6.64.